The second-order valence-corrected chi connectivity index (χ2v) is 33.1. The Balaban J connectivity index is 5.26. The molecule has 2 unspecified atom stereocenters. The van der Waals surface area contributed by atoms with Crippen LogP contribution in [0.2, 0.25) is 0 Å². The zero-order valence-electron chi connectivity index (χ0n) is 68.2. The fraction of sp³-hybridized carbons (Fsp3) is 0.907. The Kier molecular flexibility index (Phi) is 77.8. The molecule has 0 spiro atoms. The number of carbonyl (C=O) groups is 4. The summed E-state index contributed by atoms with van der Waals surface area (Å²) in [6.45, 7) is 4.98. The van der Waals surface area contributed by atoms with Crippen LogP contribution in [0.5, 0.6) is 0 Å². The van der Waals surface area contributed by atoms with E-state index in [0.717, 1.165) is 103 Å². The third-order valence-electron chi connectivity index (χ3n) is 19.7. The van der Waals surface area contributed by atoms with E-state index in [1.54, 1.807) is 0 Å². The molecule has 620 valence electrons. The number of esters is 4. The second kappa shape index (κ2) is 79.6. The highest BCUT2D eigenvalue weighted by Crippen LogP contribution is 2.45. The van der Waals surface area contributed by atoms with Crippen molar-refractivity contribution in [3.63, 3.8) is 0 Å². The Morgan fingerprint density at radius 2 is 0.457 bits per heavy atom. The molecule has 3 N–H and O–H groups in total. The van der Waals surface area contributed by atoms with Crippen LogP contribution < -0.4 is 0 Å². The Hall–Kier alpha value is -2.46. The summed E-state index contributed by atoms with van der Waals surface area (Å²) in [7, 11) is -9.94. The molecule has 0 aliphatic carbocycles. The summed E-state index contributed by atoms with van der Waals surface area (Å²) in [4.78, 5) is 73.2. The number of hydrogen-bond donors (Lipinski definition) is 3. The van der Waals surface area contributed by atoms with Crippen LogP contribution in [0, 0.1) is 0 Å². The van der Waals surface area contributed by atoms with E-state index < -0.39 is 97.5 Å². The van der Waals surface area contributed by atoms with Gasteiger partial charge in [-0.3, -0.25) is 37.3 Å². The van der Waals surface area contributed by atoms with Crippen LogP contribution in [-0.2, 0) is 65.4 Å². The standard InChI is InChI=1S/C86H164O17P2/c1-5-9-13-17-21-25-29-32-35-37-39-40-41-43-46-49-53-57-61-65-69-73-86(91)103-82(77-97-84(89)71-67-63-59-55-51-47-45-42-38-36-33-30-26-22-18-14-10-6-2)79-101-105(94,95)99-75-80(87)74-98-104(92,93)100-78-81(76-96-83(88)70-66-62-58-54-50-28-24-20-16-12-8-4)102-85(90)72-68-64-60-56-52-48-44-34-31-27-23-19-15-11-7-3/h27,31,34,44,80-82,87H,5-26,28-30,32-33,35-43,45-79H2,1-4H3,(H,92,93)(H,94,95)/b31-27-,44-34-/t80-,81+,82+/m0/s1. The number of ether oxygens (including phenoxy) is 4. The third-order valence-corrected chi connectivity index (χ3v) is 21.6. The predicted molar refractivity (Wildman–Crippen MR) is 432 cm³/mol. The Bertz CT molecular complexity index is 2080. The first-order valence-corrected chi connectivity index (χ1v) is 47.1. The van der Waals surface area contributed by atoms with E-state index in [1.807, 2.05) is 0 Å². The van der Waals surface area contributed by atoms with E-state index in [4.69, 9.17) is 37.0 Å². The summed E-state index contributed by atoms with van der Waals surface area (Å²) < 4.78 is 68.8. The molecule has 0 rings (SSSR count). The van der Waals surface area contributed by atoms with Crippen molar-refractivity contribution in [2.45, 2.75) is 463 Å². The molecule has 0 fully saturated rings. The number of hydrogen-bond acceptors (Lipinski definition) is 15. The highest BCUT2D eigenvalue weighted by Gasteiger charge is 2.30. The number of aliphatic hydroxyl groups is 1. The average molecular weight is 1530 g/mol. The van der Waals surface area contributed by atoms with Gasteiger partial charge in [0, 0.05) is 25.7 Å². The maximum absolute atomic E-state index is 13.1. The predicted octanol–water partition coefficient (Wildman–Crippen LogP) is 26.1. The van der Waals surface area contributed by atoms with Crippen molar-refractivity contribution >= 4 is 39.5 Å². The van der Waals surface area contributed by atoms with Crippen LogP contribution in [0.1, 0.15) is 445 Å². The summed E-state index contributed by atoms with van der Waals surface area (Å²) in [5.41, 5.74) is 0. The van der Waals surface area contributed by atoms with Gasteiger partial charge in [0.05, 0.1) is 26.4 Å². The third kappa shape index (κ3) is 79.4. The highest BCUT2D eigenvalue weighted by atomic mass is 31.2. The molecule has 0 saturated carbocycles. The van der Waals surface area contributed by atoms with Gasteiger partial charge in [0.2, 0.25) is 0 Å². The van der Waals surface area contributed by atoms with Crippen molar-refractivity contribution in [3.8, 4) is 0 Å². The van der Waals surface area contributed by atoms with E-state index in [-0.39, 0.29) is 25.7 Å². The minimum Gasteiger partial charge on any atom is -0.462 e. The molecular weight excluding hydrogens is 1370 g/mol. The first kappa shape index (κ1) is 103. The zero-order chi connectivity index (χ0) is 76.7. The summed E-state index contributed by atoms with van der Waals surface area (Å²) >= 11 is 0. The van der Waals surface area contributed by atoms with E-state index in [9.17, 15) is 43.2 Å². The van der Waals surface area contributed by atoms with E-state index >= 15 is 0 Å². The smallest absolute Gasteiger partial charge is 0.462 e. The summed E-state index contributed by atoms with van der Waals surface area (Å²) in [6.07, 6.45) is 77.2. The van der Waals surface area contributed by atoms with Crippen molar-refractivity contribution < 1.29 is 80.2 Å². The molecule has 0 aromatic carbocycles. The molecule has 0 amide bonds. The fourth-order valence-electron chi connectivity index (χ4n) is 13.0. The van der Waals surface area contributed by atoms with Crippen LogP contribution in [-0.4, -0.2) is 96.7 Å². The Morgan fingerprint density at radius 3 is 0.695 bits per heavy atom. The maximum atomic E-state index is 13.1. The average Bonchev–Trinajstić information content (AvgIpc) is 1.02. The number of phosphoric acid groups is 2. The second-order valence-electron chi connectivity index (χ2n) is 30.2. The molecule has 105 heavy (non-hydrogen) atoms. The van der Waals surface area contributed by atoms with Gasteiger partial charge in [0.1, 0.15) is 19.3 Å². The lowest BCUT2D eigenvalue weighted by molar-refractivity contribution is -0.161. The highest BCUT2D eigenvalue weighted by molar-refractivity contribution is 7.47. The lowest BCUT2D eigenvalue weighted by Gasteiger charge is -2.21. The molecule has 0 saturated heterocycles. The van der Waals surface area contributed by atoms with Crippen LogP contribution in [0.3, 0.4) is 0 Å². The fourth-order valence-corrected chi connectivity index (χ4v) is 14.6. The number of phosphoric ester groups is 2. The van der Waals surface area contributed by atoms with Crippen molar-refractivity contribution in [2.75, 3.05) is 39.6 Å². The van der Waals surface area contributed by atoms with Gasteiger partial charge in [-0.05, 0) is 51.4 Å². The van der Waals surface area contributed by atoms with Crippen molar-refractivity contribution in [2.24, 2.45) is 0 Å². The van der Waals surface area contributed by atoms with E-state index in [2.05, 4.69) is 52.0 Å². The molecule has 0 aromatic heterocycles. The number of aliphatic hydroxyl groups excluding tert-OH is 1. The van der Waals surface area contributed by atoms with Crippen LogP contribution in [0.25, 0.3) is 0 Å². The minimum absolute atomic E-state index is 0.0860. The van der Waals surface area contributed by atoms with Crippen molar-refractivity contribution in [1.82, 2.24) is 0 Å². The van der Waals surface area contributed by atoms with Crippen LogP contribution in [0.15, 0.2) is 24.3 Å². The summed E-state index contributed by atoms with van der Waals surface area (Å²) in [5.74, 6) is -2.13. The van der Waals surface area contributed by atoms with Gasteiger partial charge in [-0.25, -0.2) is 9.13 Å². The number of rotatable bonds is 85. The molecule has 0 aliphatic rings. The van der Waals surface area contributed by atoms with Gasteiger partial charge in [-0.15, -0.1) is 0 Å². The lowest BCUT2D eigenvalue weighted by atomic mass is 10.0. The normalized spacial score (nSPS) is 13.9. The zero-order valence-corrected chi connectivity index (χ0v) is 70.0. The summed E-state index contributed by atoms with van der Waals surface area (Å²) in [5, 5.41) is 10.7. The van der Waals surface area contributed by atoms with Gasteiger partial charge in [-0.1, -0.05) is 392 Å². The molecular formula is C86H164O17P2. The molecule has 0 radical (unpaired) electrons. The number of allylic oxidation sites excluding steroid dienone is 4. The van der Waals surface area contributed by atoms with Gasteiger partial charge >= 0.3 is 39.5 Å². The van der Waals surface area contributed by atoms with Gasteiger partial charge in [0.15, 0.2) is 12.2 Å². The van der Waals surface area contributed by atoms with E-state index in [0.29, 0.717) is 25.7 Å². The SMILES string of the molecule is CCCCCC/C=C\C=C/CCCCCCCC(=O)O[C@H](COC(=O)CCCCCCCCCCCCC)COP(=O)(O)OC[C@H](O)COP(=O)(O)OC[C@@H](COC(=O)CCCCCCCCCCCCCCCCCCCC)OC(=O)CCCCCCCCCCCCCCCCCCCCCCC. The van der Waals surface area contributed by atoms with Gasteiger partial charge in [-0.2, -0.15) is 0 Å². The first-order valence-electron chi connectivity index (χ1n) is 44.1. The quantitative estimate of drug-likeness (QED) is 0.0169. The van der Waals surface area contributed by atoms with Crippen LogP contribution >= 0.6 is 15.6 Å². The largest absolute Gasteiger partial charge is 0.472 e. The van der Waals surface area contributed by atoms with Crippen molar-refractivity contribution in [1.29, 1.82) is 0 Å². The molecule has 19 heteroatoms. The molecule has 0 aromatic rings. The monoisotopic (exact) mass is 1530 g/mol. The summed E-state index contributed by atoms with van der Waals surface area (Å²) in [6, 6.07) is 0. The molecule has 0 bridgehead atoms. The number of unbranched alkanes of at least 4 members (excludes halogenated alkanes) is 56. The van der Waals surface area contributed by atoms with E-state index in [1.165, 1.54) is 263 Å². The molecule has 0 aliphatic heterocycles. The van der Waals surface area contributed by atoms with Gasteiger partial charge in [0.25, 0.3) is 0 Å². The molecule has 5 atom stereocenters. The van der Waals surface area contributed by atoms with Gasteiger partial charge < -0.3 is 33.8 Å². The molecule has 17 nitrogen and oxygen atoms in total. The van der Waals surface area contributed by atoms with Crippen LogP contribution in [0.4, 0.5) is 0 Å². The first-order chi connectivity index (χ1) is 51.2. The minimum atomic E-state index is -4.97. The topological polar surface area (TPSA) is 237 Å². The van der Waals surface area contributed by atoms with Crippen molar-refractivity contribution in [3.05, 3.63) is 24.3 Å². The molecule has 0 heterocycles. The lowest BCUT2D eigenvalue weighted by Crippen LogP contribution is -2.30. The Morgan fingerprint density at radius 1 is 0.267 bits per heavy atom. The Labute approximate surface area is 643 Å². The number of carbonyl (C=O) groups excluding carboxylic acids is 4. The maximum Gasteiger partial charge on any atom is 0.472 e.